The van der Waals surface area contributed by atoms with Crippen LogP contribution in [0.15, 0.2) is 95.2 Å². The first-order valence-electron chi connectivity index (χ1n) is 9.36. The Morgan fingerprint density at radius 1 is 0.871 bits per heavy atom. The molecule has 156 valence electrons. The third-order valence-corrected chi connectivity index (χ3v) is 6.69. The molecule has 1 N–H and O–H groups in total. The molecule has 0 aliphatic heterocycles. The van der Waals surface area contributed by atoms with Crippen molar-refractivity contribution in [2.24, 2.45) is 0 Å². The zero-order valence-corrected chi connectivity index (χ0v) is 17.9. The molecule has 4 rings (SSSR count). The molecule has 0 radical (unpaired) electrons. The lowest BCUT2D eigenvalue weighted by Gasteiger charge is -2.06. The van der Waals surface area contributed by atoms with Gasteiger partial charge >= 0.3 is 0 Å². The molecule has 31 heavy (non-hydrogen) atoms. The number of rotatable bonds is 7. The maximum Gasteiger partial charge on any atom is 0.241 e. The van der Waals surface area contributed by atoms with Crippen molar-refractivity contribution in [3.05, 3.63) is 90.3 Å². The molecule has 0 aliphatic carbocycles. The van der Waals surface area contributed by atoms with Crippen molar-refractivity contribution < 1.29 is 17.9 Å². The predicted octanol–water partition coefficient (Wildman–Crippen LogP) is 5.01. The standard InChI is InChI=1S/C23H18N2O4S2/c26-22(16-31(27,28)20-9-5-2-6-10-20)25-23-24-21(15-30-23)17-11-13-19(14-12-17)29-18-7-3-1-4-8-18/h1-15H,16H2,(H,24,25,26). The summed E-state index contributed by atoms with van der Waals surface area (Å²) in [4.78, 5) is 16.7. The van der Waals surface area contributed by atoms with Gasteiger partial charge in [0.15, 0.2) is 15.0 Å². The van der Waals surface area contributed by atoms with Crippen LogP contribution in [0.4, 0.5) is 5.13 Å². The average molecular weight is 451 g/mol. The number of hydrogen-bond acceptors (Lipinski definition) is 6. The molecule has 0 saturated carbocycles. The first kappa shape index (κ1) is 20.8. The molecule has 1 aromatic heterocycles. The highest BCUT2D eigenvalue weighted by molar-refractivity contribution is 7.92. The highest BCUT2D eigenvalue weighted by atomic mass is 32.2. The lowest BCUT2D eigenvalue weighted by molar-refractivity contribution is -0.113. The van der Waals surface area contributed by atoms with Crippen LogP contribution in [0.3, 0.4) is 0 Å². The van der Waals surface area contributed by atoms with Crippen molar-refractivity contribution in [2.75, 3.05) is 11.1 Å². The molecule has 0 atom stereocenters. The van der Waals surface area contributed by atoms with Gasteiger partial charge in [0, 0.05) is 10.9 Å². The second-order valence-electron chi connectivity index (χ2n) is 6.60. The Hall–Kier alpha value is -3.49. The lowest BCUT2D eigenvalue weighted by atomic mass is 10.2. The third-order valence-electron chi connectivity index (χ3n) is 4.30. The molecular formula is C23H18N2O4S2. The number of carbonyl (C=O) groups is 1. The van der Waals surface area contributed by atoms with Gasteiger partial charge in [0.25, 0.3) is 0 Å². The number of benzene rings is 3. The number of thiazole rings is 1. The van der Waals surface area contributed by atoms with Gasteiger partial charge in [0.05, 0.1) is 10.6 Å². The largest absolute Gasteiger partial charge is 0.457 e. The van der Waals surface area contributed by atoms with Crippen LogP contribution >= 0.6 is 11.3 Å². The molecule has 1 heterocycles. The van der Waals surface area contributed by atoms with Gasteiger partial charge in [-0.25, -0.2) is 13.4 Å². The fourth-order valence-electron chi connectivity index (χ4n) is 2.82. The van der Waals surface area contributed by atoms with Gasteiger partial charge in [-0.05, 0) is 48.5 Å². The van der Waals surface area contributed by atoms with Crippen molar-refractivity contribution in [1.29, 1.82) is 0 Å². The van der Waals surface area contributed by atoms with E-state index in [1.807, 2.05) is 54.6 Å². The number of amides is 1. The van der Waals surface area contributed by atoms with Gasteiger partial charge in [0.1, 0.15) is 17.3 Å². The highest BCUT2D eigenvalue weighted by Gasteiger charge is 2.20. The van der Waals surface area contributed by atoms with Gasteiger partial charge in [-0.2, -0.15) is 0 Å². The van der Waals surface area contributed by atoms with E-state index < -0.39 is 21.5 Å². The molecule has 3 aromatic carbocycles. The van der Waals surface area contributed by atoms with Crippen LogP contribution < -0.4 is 10.1 Å². The van der Waals surface area contributed by atoms with Gasteiger partial charge in [0.2, 0.25) is 5.91 Å². The minimum Gasteiger partial charge on any atom is -0.457 e. The van der Waals surface area contributed by atoms with Crippen molar-refractivity contribution >= 4 is 32.2 Å². The SMILES string of the molecule is O=C(CS(=O)(=O)c1ccccc1)Nc1nc(-c2ccc(Oc3ccccc3)cc2)cs1. The van der Waals surface area contributed by atoms with Gasteiger partial charge < -0.3 is 10.1 Å². The summed E-state index contributed by atoms with van der Waals surface area (Å²) in [5.41, 5.74) is 1.53. The molecule has 4 aromatic rings. The fraction of sp³-hybridized carbons (Fsp3) is 0.0435. The second kappa shape index (κ2) is 9.11. The van der Waals surface area contributed by atoms with Gasteiger partial charge in [-0.3, -0.25) is 4.79 Å². The van der Waals surface area contributed by atoms with Crippen LogP contribution in [0.1, 0.15) is 0 Å². The van der Waals surface area contributed by atoms with Crippen molar-refractivity contribution in [3.63, 3.8) is 0 Å². The summed E-state index contributed by atoms with van der Waals surface area (Å²) < 4.78 is 30.4. The van der Waals surface area contributed by atoms with Crippen LogP contribution in [0.2, 0.25) is 0 Å². The summed E-state index contributed by atoms with van der Waals surface area (Å²) >= 11 is 1.23. The number of nitrogens with one attached hydrogen (secondary N) is 1. The Balaban J connectivity index is 1.39. The number of para-hydroxylation sites is 1. The van der Waals surface area contributed by atoms with Crippen molar-refractivity contribution in [1.82, 2.24) is 4.98 Å². The zero-order valence-electron chi connectivity index (χ0n) is 16.3. The van der Waals surface area contributed by atoms with Gasteiger partial charge in [-0.1, -0.05) is 36.4 Å². The quantitative estimate of drug-likeness (QED) is 0.428. The summed E-state index contributed by atoms with van der Waals surface area (Å²) in [6, 6.07) is 24.8. The molecule has 0 fully saturated rings. The molecule has 8 heteroatoms. The summed E-state index contributed by atoms with van der Waals surface area (Å²) in [6.45, 7) is 0. The monoisotopic (exact) mass is 450 g/mol. The van der Waals surface area contributed by atoms with Gasteiger partial charge in [-0.15, -0.1) is 11.3 Å². The Bertz CT molecular complexity index is 1270. The number of carbonyl (C=O) groups excluding carboxylic acids is 1. The van der Waals surface area contributed by atoms with Crippen LogP contribution in [0.5, 0.6) is 11.5 Å². The van der Waals surface area contributed by atoms with E-state index in [0.29, 0.717) is 16.6 Å². The summed E-state index contributed by atoms with van der Waals surface area (Å²) in [7, 11) is -3.70. The number of ether oxygens (including phenoxy) is 1. The minimum atomic E-state index is -3.70. The lowest BCUT2D eigenvalue weighted by Crippen LogP contribution is -2.22. The molecule has 0 spiro atoms. The van der Waals surface area contributed by atoms with Crippen molar-refractivity contribution in [3.8, 4) is 22.8 Å². The number of sulfone groups is 1. The Morgan fingerprint density at radius 2 is 1.48 bits per heavy atom. The molecule has 0 bridgehead atoms. The summed E-state index contributed by atoms with van der Waals surface area (Å²) in [6.07, 6.45) is 0. The zero-order chi connectivity index (χ0) is 21.7. The van der Waals surface area contributed by atoms with E-state index in [-0.39, 0.29) is 4.90 Å². The van der Waals surface area contributed by atoms with E-state index >= 15 is 0 Å². The Labute approximate surface area is 184 Å². The maximum atomic E-state index is 12.3. The van der Waals surface area contributed by atoms with Crippen molar-refractivity contribution in [2.45, 2.75) is 4.90 Å². The molecule has 0 unspecified atom stereocenters. The minimum absolute atomic E-state index is 0.114. The van der Waals surface area contributed by atoms with Crippen LogP contribution in [0.25, 0.3) is 11.3 Å². The van der Waals surface area contributed by atoms with E-state index in [9.17, 15) is 13.2 Å². The number of anilines is 1. The van der Waals surface area contributed by atoms with Crippen LogP contribution in [0, 0.1) is 0 Å². The molecule has 1 amide bonds. The van der Waals surface area contributed by atoms with Crippen LogP contribution in [-0.2, 0) is 14.6 Å². The van der Waals surface area contributed by atoms with Crippen LogP contribution in [-0.4, -0.2) is 25.1 Å². The predicted molar refractivity (Wildman–Crippen MR) is 121 cm³/mol. The van der Waals surface area contributed by atoms with E-state index in [1.165, 1.54) is 23.5 Å². The normalized spacial score (nSPS) is 11.1. The highest BCUT2D eigenvalue weighted by Crippen LogP contribution is 2.28. The third kappa shape index (κ3) is 5.36. The first-order chi connectivity index (χ1) is 15.0. The second-order valence-corrected chi connectivity index (χ2v) is 9.45. The topological polar surface area (TPSA) is 85.4 Å². The van der Waals surface area contributed by atoms with E-state index in [0.717, 1.165) is 11.3 Å². The smallest absolute Gasteiger partial charge is 0.241 e. The fourth-order valence-corrected chi connectivity index (χ4v) is 4.71. The number of nitrogens with zero attached hydrogens (tertiary/aromatic N) is 1. The van der Waals surface area contributed by atoms with E-state index in [1.54, 1.807) is 23.6 Å². The molecule has 6 nitrogen and oxygen atoms in total. The summed E-state index contributed by atoms with van der Waals surface area (Å²) in [5.74, 6) is 0.179. The first-order valence-corrected chi connectivity index (χ1v) is 11.9. The van der Waals surface area contributed by atoms with E-state index in [4.69, 9.17) is 4.74 Å². The Kier molecular flexibility index (Phi) is 6.11. The van der Waals surface area contributed by atoms with E-state index in [2.05, 4.69) is 10.3 Å². The summed E-state index contributed by atoms with van der Waals surface area (Å²) in [5, 5.41) is 4.71. The molecule has 0 aliphatic rings. The number of aromatic nitrogens is 1. The molecule has 0 saturated heterocycles. The average Bonchev–Trinajstić information content (AvgIpc) is 3.23. The maximum absolute atomic E-state index is 12.3. The number of hydrogen-bond donors (Lipinski definition) is 1. The Morgan fingerprint density at radius 3 is 2.16 bits per heavy atom. The molecular weight excluding hydrogens is 432 g/mol.